The number of hydrogen-bond donors (Lipinski definition) is 4. The smallest absolute Gasteiger partial charge is 0.341 e. The first kappa shape index (κ1) is 22.3. The predicted molar refractivity (Wildman–Crippen MR) is 111 cm³/mol. The second-order valence-electron chi connectivity index (χ2n) is 6.61. The molecule has 1 heterocycles. The highest BCUT2D eigenvalue weighted by molar-refractivity contribution is 5.95. The van der Waals surface area contributed by atoms with Crippen LogP contribution in [0.4, 0.5) is 4.39 Å². The van der Waals surface area contributed by atoms with E-state index < -0.39 is 35.3 Å². The molecule has 0 spiro atoms. The molecule has 3 aromatic rings. The van der Waals surface area contributed by atoms with Crippen molar-refractivity contribution in [2.45, 2.75) is 6.54 Å². The molecule has 32 heavy (non-hydrogen) atoms. The Hall–Kier alpha value is -4.41. The number of aromatic carboxylic acids is 1. The number of nitrogen functional groups attached to an aromatic ring is 1. The van der Waals surface area contributed by atoms with Gasteiger partial charge in [-0.15, -0.1) is 0 Å². The Morgan fingerprint density at radius 1 is 1.06 bits per heavy atom. The first-order valence-corrected chi connectivity index (χ1v) is 9.20. The van der Waals surface area contributed by atoms with Crippen LogP contribution >= 0.6 is 0 Å². The van der Waals surface area contributed by atoms with Gasteiger partial charge in [0.2, 0.25) is 5.43 Å². The largest absolute Gasteiger partial charge is 0.490 e. The third kappa shape index (κ3) is 4.67. The van der Waals surface area contributed by atoms with Crippen molar-refractivity contribution in [1.29, 1.82) is 5.41 Å². The molecule has 0 aliphatic carbocycles. The number of ether oxygens (including phenoxy) is 2. The molecule has 0 aliphatic heterocycles. The zero-order valence-corrected chi connectivity index (χ0v) is 16.5. The molecule has 11 heteroatoms. The number of nitrogens with zero attached hydrogens (tertiary/aromatic N) is 1. The van der Waals surface area contributed by atoms with Crippen LogP contribution in [0.25, 0.3) is 10.9 Å². The molecular weight excluding hydrogens is 425 g/mol. The third-order valence-electron chi connectivity index (χ3n) is 4.45. The van der Waals surface area contributed by atoms with Crippen molar-refractivity contribution in [3.05, 3.63) is 69.8 Å². The molecule has 0 fully saturated rings. The van der Waals surface area contributed by atoms with E-state index in [0.29, 0.717) is 11.3 Å². The minimum Gasteiger partial charge on any atom is -0.490 e. The third-order valence-corrected chi connectivity index (χ3v) is 4.45. The number of carboxylic acid groups (broad SMARTS) is 2. The van der Waals surface area contributed by atoms with Crippen molar-refractivity contribution in [3.8, 4) is 11.5 Å². The van der Waals surface area contributed by atoms with Gasteiger partial charge in [0, 0.05) is 17.1 Å². The Balaban J connectivity index is 1.81. The Kier molecular flexibility index (Phi) is 6.38. The molecule has 0 unspecified atom stereocenters. The van der Waals surface area contributed by atoms with E-state index in [1.54, 1.807) is 24.3 Å². The summed E-state index contributed by atoms with van der Waals surface area (Å²) < 4.78 is 26.8. The average Bonchev–Trinajstić information content (AvgIpc) is 2.74. The van der Waals surface area contributed by atoms with Gasteiger partial charge in [-0.05, 0) is 36.4 Å². The summed E-state index contributed by atoms with van der Waals surface area (Å²) in [6.45, 7) is -0.791. The molecule has 0 amide bonds. The molecule has 166 valence electrons. The van der Waals surface area contributed by atoms with Crippen LogP contribution in [0, 0.1) is 11.2 Å². The van der Waals surface area contributed by atoms with Gasteiger partial charge in [0.25, 0.3) is 0 Å². The van der Waals surface area contributed by atoms with E-state index in [-0.39, 0.29) is 35.7 Å². The van der Waals surface area contributed by atoms with E-state index in [1.807, 2.05) is 0 Å². The van der Waals surface area contributed by atoms with Gasteiger partial charge < -0.3 is 30.0 Å². The van der Waals surface area contributed by atoms with Crippen LogP contribution in [-0.4, -0.2) is 45.8 Å². The molecule has 0 radical (unpaired) electrons. The van der Waals surface area contributed by atoms with Gasteiger partial charge in [-0.25, -0.2) is 9.18 Å². The van der Waals surface area contributed by atoms with Crippen molar-refractivity contribution in [1.82, 2.24) is 4.57 Å². The zero-order chi connectivity index (χ0) is 23.4. The van der Waals surface area contributed by atoms with E-state index in [4.69, 9.17) is 25.7 Å². The fourth-order valence-electron chi connectivity index (χ4n) is 3.01. The van der Waals surface area contributed by atoms with Gasteiger partial charge in [0.1, 0.15) is 36.9 Å². The molecular formula is C21H18FN3O7. The predicted octanol–water partition coefficient (Wildman–Crippen LogP) is 1.67. The normalized spacial score (nSPS) is 10.7. The molecule has 0 saturated heterocycles. The summed E-state index contributed by atoms with van der Waals surface area (Å²) in [5.41, 5.74) is 3.93. The quantitative estimate of drug-likeness (QED) is 0.220. The number of carbonyl (C=O) groups is 2. The second kappa shape index (κ2) is 9.16. The highest BCUT2D eigenvalue weighted by Crippen LogP contribution is 2.25. The molecule has 0 bridgehead atoms. The van der Waals surface area contributed by atoms with Gasteiger partial charge in [-0.2, -0.15) is 0 Å². The summed E-state index contributed by atoms with van der Waals surface area (Å²) in [5.74, 6) is -3.75. The van der Waals surface area contributed by atoms with Gasteiger partial charge in [-0.1, -0.05) is 0 Å². The molecule has 0 saturated carbocycles. The van der Waals surface area contributed by atoms with Crippen molar-refractivity contribution in [3.63, 3.8) is 0 Å². The van der Waals surface area contributed by atoms with Gasteiger partial charge in [0.15, 0.2) is 11.6 Å². The van der Waals surface area contributed by atoms with E-state index in [9.17, 15) is 19.5 Å². The van der Waals surface area contributed by atoms with Crippen LogP contribution in [0.2, 0.25) is 0 Å². The van der Waals surface area contributed by atoms with Crippen LogP contribution in [0.5, 0.6) is 11.5 Å². The highest BCUT2D eigenvalue weighted by atomic mass is 19.1. The first-order chi connectivity index (χ1) is 15.2. The maximum Gasteiger partial charge on any atom is 0.341 e. The fourth-order valence-corrected chi connectivity index (χ4v) is 3.01. The number of aromatic nitrogens is 1. The summed E-state index contributed by atoms with van der Waals surface area (Å²) in [6.07, 6.45) is 0.793. The molecule has 0 aliphatic rings. The Labute approximate surface area is 179 Å². The van der Waals surface area contributed by atoms with Crippen molar-refractivity contribution >= 4 is 28.7 Å². The number of amidine groups is 1. The number of rotatable bonds is 9. The maximum atomic E-state index is 15.1. The molecule has 2 aromatic carbocycles. The van der Waals surface area contributed by atoms with E-state index in [1.165, 1.54) is 6.07 Å². The average molecular weight is 443 g/mol. The number of aliphatic carboxylic acids is 1. The molecule has 3 rings (SSSR count). The van der Waals surface area contributed by atoms with Gasteiger partial charge >= 0.3 is 11.9 Å². The number of nitrogens with two attached hydrogens (primary N) is 1. The Morgan fingerprint density at radius 3 is 2.31 bits per heavy atom. The summed E-state index contributed by atoms with van der Waals surface area (Å²) in [6, 6.07) is 8.78. The minimum atomic E-state index is -1.55. The van der Waals surface area contributed by atoms with Crippen LogP contribution in [0.15, 0.2) is 47.4 Å². The number of benzene rings is 2. The Bertz CT molecular complexity index is 1270. The van der Waals surface area contributed by atoms with Crippen molar-refractivity contribution < 1.29 is 33.7 Å². The molecule has 1 aromatic heterocycles. The van der Waals surface area contributed by atoms with Gasteiger partial charge in [0.05, 0.1) is 5.52 Å². The van der Waals surface area contributed by atoms with Gasteiger partial charge in [-0.3, -0.25) is 15.0 Å². The molecule has 5 N–H and O–H groups in total. The highest BCUT2D eigenvalue weighted by Gasteiger charge is 2.20. The summed E-state index contributed by atoms with van der Waals surface area (Å²) >= 11 is 0. The second-order valence-corrected chi connectivity index (χ2v) is 6.61. The summed E-state index contributed by atoms with van der Waals surface area (Å²) in [5, 5.41) is 25.3. The van der Waals surface area contributed by atoms with E-state index in [0.717, 1.165) is 16.8 Å². The van der Waals surface area contributed by atoms with Crippen LogP contribution < -0.4 is 20.6 Å². The minimum absolute atomic E-state index is 0.0385. The standard InChI is InChI=1S/C21H18FN3O7/c22-17-15(32-8-7-31-12-3-1-11(2-4-12)20(23)24)6-5-13-18(17)25(10-16(26)27)9-14(19(13)28)21(29)30/h1-6,9H,7-8,10H2,(H3,23,24)(H,26,27)(H,29,30). The fraction of sp³-hybridized carbons (Fsp3) is 0.143. The summed E-state index contributed by atoms with van der Waals surface area (Å²) in [4.78, 5) is 34.8. The van der Waals surface area contributed by atoms with E-state index in [2.05, 4.69) is 0 Å². The van der Waals surface area contributed by atoms with E-state index >= 15 is 4.39 Å². The van der Waals surface area contributed by atoms with Crippen LogP contribution in [0.3, 0.4) is 0 Å². The Morgan fingerprint density at radius 2 is 1.72 bits per heavy atom. The van der Waals surface area contributed by atoms with Crippen LogP contribution in [0.1, 0.15) is 15.9 Å². The van der Waals surface area contributed by atoms with Crippen molar-refractivity contribution in [2.75, 3.05) is 13.2 Å². The number of halogens is 1. The monoisotopic (exact) mass is 443 g/mol. The number of hydrogen-bond acceptors (Lipinski definition) is 6. The molecule has 0 atom stereocenters. The zero-order valence-electron chi connectivity index (χ0n) is 16.5. The lowest BCUT2D eigenvalue weighted by atomic mass is 10.1. The number of pyridine rings is 1. The van der Waals surface area contributed by atoms with Crippen LogP contribution in [-0.2, 0) is 11.3 Å². The number of carboxylic acids is 2. The van der Waals surface area contributed by atoms with Crippen molar-refractivity contribution in [2.24, 2.45) is 5.73 Å². The molecule has 10 nitrogen and oxygen atoms in total. The first-order valence-electron chi connectivity index (χ1n) is 9.20. The lowest BCUT2D eigenvalue weighted by Crippen LogP contribution is -2.22. The lowest BCUT2D eigenvalue weighted by molar-refractivity contribution is -0.137. The number of fused-ring (bicyclic) bond motifs is 1. The summed E-state index contributed by atoms with van der Waals surface area (Å²) in [7, 11) is 0. The number of nitrogens with one attached hydrogen (secondary N) is 1. The SMILES string of the molecule is N=C(N)c1ccc(OCCOc2ccc3c(=O)c(C(=O)O)cn(CC(=O)O)c3c2F)cc1. The maximum absolute atomic E-state index is 15.1. The lowest BCUT2D eigenvalue weighted by Gasteiger charge is -2.14. The topological polar surface area (TPSA) is 165 Å².